The summed E-state index contributed by atoms with van der Waals surface area (Å²) in [7, 11) is 0. The lowest BCUT2D eigenvalue weighted by molar-refractivity contribution is -0.136. The molecule has 142 valence electrons. The van der Waals surface area contributed by atoms with Gasteiger partial charge in [0.2, 0.25) is 0 Å². The molecule has 2 aromatic carbocycles. The van der Waals surface area contributed by atoms with E-state index in [9.17, 15) is 9.59 Å². The first-order valence-corrected chi connectivity index (χ1v) is 9.59. The molecule has 0 unspecified atom stereocenters. The summed E-state index contributed by atoms with van der Waals surface area (Å²) in [6.07, 6.45) is 1.63. The van der Waals surface area contributed by atoms with Crippen molar-refractivity contribution in [3.63, 3.8) is 0 Å². The third-order valence-electron chi connectivity index (χ3n) is 4.50. The van der Waals surface area contributed by atoms with Crippen LogP contribution in [-0.4, -0.2) is 35.8 Å². The Bertz CT molecular complexity index is 786. The maximum absolute atomic E-state index is 12.2. The lowest BCUT2D eigenvalue weighted by Crippen LogP contribution is -2.47. The number of carbonyl (C=O) groups is 2. The maximum atomic E-state index is 12.2. The summed E-state index contributed by atoms with van der Waals surface area (Å²) in [6, 6.07) is 14.9. The summed E-state index contributed by atoms with van der Waals surface area (Å²) in [5.41, 5.74) is 1.67. The molecule has 0 spiro atoms. The van der Waals surface area contributed by atoms with Crippen molar-refractivity contribution in [3.8, 4) is 0 Å². The molecule has 0 bridgehead atoms. The molecule has 27 heavy (non-hydrogen) atoms. The monoisotopic (exact) mass is 405 g/mol. The minimum Gasteiger partial charge on any atom is -0.345 e. The molecule has 2 amide bonds. The number of anilines is 1. The third-order valence-corrected chi connectivity index (χ3v) is 4.93. The van der Waals surface area contributed by atoms with Gasteiger partial charge in [-0.05, 0) is 36.6 Å². The molecule has 5 nitrogen and oxygen atoms in total. The van der Waals surface area contributed by atoms with E-state index in [4.69, 9.17) is 23.2 Å². The number of hydrogen-bond acceptors (Lipinski definition) is 3. The van der Waals surface area contributed by atoms with E-state index in [1.54, 1.807) is 18.2 Å². The molecule has 2 N–H and O–H groups in total. The van der Waals surface area contributed by atoms with Crippen molar-refractivity contribution in [2.45, 2.75) is 25.4 Å². The number of nitrogens with zero attached hydrogens (tertiary/aromatic N) is 1. The molecule has 2 aromatic rings. The van der Waals surface area contributed by atoms with E-state index in [-0.39, 0.29) is 6.04 Å². The maximum Gasteiger partial charge on any atom is 0.313 e. The predicted octanol–water partition coefficient (Wildman–Crippen LogP) is 3.71. The van der Waals surface area contributed by atoms with Crippen LogP contribution in [0.5, 0.6) is 0 Å². The number of hydrogen-bond donors (Lipinski definition) is 2. The van der Waals surface area contributed by atoms with Crippen molar-refractivity contribution in [1.29, 1.82) is 0 Å². The van der Waals surface area contributed by atoms with Crippen molar-refractivity contribution < 1.29 is 9.59 Å². The average Bonchev–Trinajstić information content (AvgIpc) is 2.63. The lowest BCUT2D eigenvalue weighted by atomic mass is 10.0. The lowest BCUT2D eigenvalue weighted by Gasteiger charge is -2.32. The number of likely N-dealkylation sites (tertiary alicyclic amines) is 1. The van der Waals surface area contributed by atoms with Gasteiger partial charge in [-0.25, -0.2) is 0 Å². The largest absolute Gasteiger partial charge is 0.345 e. The second-order valence-electron chi connectivity index (χ2n) is 6.62. The molecule has 1 fully saturated rings. The van der Waals surface area contributed by atoms with E-state index >= 15 is 0 Å². The van der Waals surface area contributed by atoms with Crippen LogP contribution >= 0.6 is 23.2 Å². The first-order chi connectivity index (χ1) is 13.0. The predicted molar refractivity (Wildman–Crippen MR) is 108 cm³/mol. The molecule has 1 saturated heterocycles. The second kappa shape index (κ2) is 9.22. The summed E-state index contributed by atoms with van der Waals surface area (Å²) in [6.45, 7) is 2.66. The van der Waals surface area contributed by atoms with Crippen LogP contribution in [0.3, 0.4) is 0 Å². The quantitative estimate of drug-likeness (QED) is 0.761. The van der Waals surface area contributed by atoms with E-state index in [0.717, 1.165) is 32.5 Å². The molecule has 0 atom stereocenters. The van der Waals surface area contributed by atoms with Crippen LogP contribution in [0.2, 0.25) is 10.0 Å². The molecule has 0 aliphatic carbocycles. The number of amides is 2. The van der Waals surface area contributed by atoms with Crippen LogP contribution in [0, 0.1) is 0 Å². The van der Waals surface area contributed by atoms with Crippen molar-refractivity contribution >= 4 is 40.7 Å². The Balaban J connectivity index is 1.45. The number of rotatable bonds is 4. The summed E-state index contributed by atoms with van der Waals surface area (Å²) >= 11 is 11.8. The fourth-order valence-electron chi connectivity index (χ4n) is 3.14. The molecule has 7 heteroatoms. The van der Waals surface area contributed by atoms with Gasteiger partial charge in [0.15, 0.2) is 0 Å². The van der Waals surface area contributed by atoms with E-state index in [1.165, 1.54) is 5.56 Å². The molecule has 3 rings (SSSR count). The first kappa shape index (κ1) is 19.7. The zero-order valence-corrected chi connectivity index (χ0v) is 16.3. The Labute approximate surface area is 168 Å². The van der Waals surface area contributed by atoms with E-state index in [2.05, 4.69) is 27.7 Å². The Morgan fingerprint density at radius 3 is 2.22 bits per heavy atom. The molecule has 1 aliphatic rings. The smallest absolute Gasteiger partial charge is 0.313 e. The summed E-state index contributed by atoms with van der Waals surface area (Å²) < 4.78 is 0. The van der Waals surface area contributed by atoms with Gasteiger partial charge in [0.1, 0.15) is 0 Å². The average molecular weight is 406 g/mol. The number of nitrogens with one attached hydrogen (secondary N) is 2. The molecule has 1 heterocycles. The zero-order valence-electron chi connectivity index (χ0n) is 14.8. The van der Waals surface area contributed by atoms with E-state index in [0.29, 0.717) is 15.7 Å². The van der Waals surface area contributed by atoms with Gasteiger partial charge >= 0.3 is 11.8 Å². The zero-order chi connectivity index (χ0) is 19.2. The number of benzene rings is 2. The molecule has 0 aromatic heterocycles. The first-order valence-electron chi connectivity index (χ1n) is 8.84. The summed E-state index contributed by atoms with van der Waals surface area (Å²) in [4.78, 5) is 26.6. The van der Waals surface area contributed by atoms with Crippen LogP contribution in [0.4, 0.5) is 5.69 Å². The van der Waals surface area contributed by atoms with Crippen LogP contribution in [0.1, 0.15) is 18.4 Å². The fourth-order valence-corrected chi connectivity index (χ4v) is 3.67. The van der Waals surface area contributed by atoms with Gasteiger partial charge in [-0.2, -0.15) is 0 Å². The van der Waals surface area contributed by atoms with Gasteiger partial charge in [-0.1, -0.05) is 53.5 Å². The Hall–Kier alpha value is -2.08. The molecular formula is C20H21Cl2N3O2. The van der Waals surface area contributed by atoms with E-state index < -0.39 is 11.8 Å². The standard InChI is InChI=1S/C20H21Cl2N3O2/c21-15-10-16(22)12-18(11-15)24-20(27)19(26)23-17-6-8-25(9-7-17)13-14-4-2-1-3-5-14/h1-5,10-12,17H,6-9,13H2,(H,23,26)(H,24,27). The van der Waals surface area contributed by atoms with Gasteiger partial charge < -0.3 is 10.6 Å². The highest BCUT2D eigenvalue weighted by molar-refractivity contribution is 6.40. The number of piperidine rings is 1. The topological polar surface area (TPSA) is 61.4 Å². The van der Waals surface area contributed by atoms with Gasteiger partial charge in [0, 0.05) is 41.4 Å². The molecule has 0 radical (unpaired) electrons. The fraction of sp³-hybridized carbons (Fsp3) is 0.300. The van der Waals surface area contributed by atoms with Crippen LogP contribution in [-0.2, 0) is 16.1 Å². The Morgan fingerprint density at radius 1 is 0.963 bits per heavy atom. The molecule has 0 saturated carbocycles. The SMILES string of the molecule is O=C(Nc1cc(Cl)cc(Cl)c1)C(=O)NC1CCN(Cc2ccccc2)CC1. The van der Waals surface area contributed by atoms with Crippen LogP contribution in [0.15, 0.2) is 48.5 Å². The Morgan fingerprint density at radius 2 is 1.59 bits per heavy atom. The minimum absolute atomic E-state index is 0.00165. The van der Waals surface area contributed by atoms with Crippen molar-refractivity contribution in [2.75, 3.05) is 18.4 Å². The van der Waals surface area contributed by atoms with Crippen LogP contribution in [0.25, 0.3) is 0 Å². The van der Waals surface area contributed by atoms with Crippen molar-refractivity contribution in [1.82, 2.24) is 10.2 Å². The number of halogens is 2. The second-order valence-corrected chi connectivity index (χ2v) is 7.49. The minimum atomic E-state index is -0.722. The van der Waals surface area contributed by atoms with Crippen molar-refractivity contribution in [2.24, 2.45) is 0 Å². The summed E-state index contributed by atoms with van der Waals surface area (Å²) in [5, 5.41) is 6.12. The van der Waals surface area contributed by atoms with Gasteiger partial charge in [-0.3, -0.25) is 14.5 Å². The molecule has 1 aliphatic heterocycles. The van der Waals surface area contributed by atoms with Crippen molar-refractivity contribution in [3.05, 3.63) is 64.1 Å². The normalized spacial score (nSPS) is 15.3. The van der Waals surface area contributed by atoms with Gasteiger partial charge in [0.05, 0.1) is 0 Å². The Kier molecular flexibility index (Phi) is 6.72. The highest BCUT2D eigenvalue weighted by Gasteiger charge is 2.23. The third kappa shape index (κ3) is 5.96. The van der Waals surface area contributed by atoms with Crippen LogP contribution < -0.4 is 10.6 Å². The van der Waals surface area contributed by atoms with Gasteiger partial charge in [0.25, 0.3) is 0 Å². The summed E-state index contributed by atoms with van der Waals surface area (Å²) in [5.74, 6) is -1.37. The van der Waals surface area contributed by atoms with Gasteiger partial charge in [-0.15, -0.1) is 0 Å². The highest BCUT2D eigenvalue weighted by Crippen LogP contribution is 2.22. The highest BCUT2D eigenvalue weighted by atomic mass is 35.5. The number of carbonyl (C=O) groups excluding carboxylic acids is 2. The molecular weight excluding hydrogens is 385 g/mol. The van der Waals surface area contributed by atoms with E-state index in [1.807, 2.05) is 18.2 Å².